The van der Waals surface area contributed by atoms with Gasteiger partial charge >= 0.3 is 5.97 Å². The number of aliphatic imine (C=N–C) groups is 1. The number of guanidine groups is 1. The lowest BCUT2D eigenvalue weighted by Crippen LogP contribution is -2.58. The van der Waals surface area contributed by atoms with Crippen molar-refractivity contribution in [2.24, 2.45) is 28.1 Å². The first-order valence-corrected chi connectivity index (χ1v) is 11.7. The van der Waals surface area contributed by atoms with Crippen molar-refractivity contribution in [2.75, 3.05) is 13.2 Å². The molecule has 0 aromatic heterocycles. The van der Waals surface area contributed by atoms with Crippen LogP contribution >= 0.6 is 0 Å². The summed E-state index contributed by atoms with van der Waals surface area (Å²) in [6.07, 6.45) is 0.290. The number of aliphatic hydroxyl groups excluding tert-OH is 1. The fourth-order valence-corrected chi connectivity index (χ4v) is 3.15. The summed E-state index contributed by atoms with van der Waals surface area (Å²) in [6, 6.07) is 0.869. The smallest absolute Gasteiger partial charge is 0.326 e. The van der Waals surface area contributed by atoms with E-state index in [2.05, 4.69) is 20.9 Å². The van der Waals surface area contributed by atoms with Crippen molar-refractivity contribution in [3.63, 3.8) is 0 Å². The number of amides is 3. The van der Waals surface area contributed by atoms with Gasteiger partial charge in [0.25, 0.3) is 0 Å². The predicted octanol–water partition coefficient (Wildman–Crippen LogP) is -2.50. The highest BCUT2D eigenvalue weighted by molar-refractivity contribution is 5.94. The normalized spacial score (nSPS) is 14.1. The molecule has 0 bridgehead atoms. The third-order valence-electron chi connectivity index (χ3n) is 5.41. The molecule has 0 heterocycles. The van der Waals surface area contributed by atoms with E-state index in [-0.39, 0.29) is 37.0 Å². The molecule has 3 amide bonds. The van der Waals surface area contributed by atoms with Crippen molar-refractivity contribution in [3.05, 3.63) is 29.8 Å². The van der Waals surface area contributed by atoms with Crippen LogP contribution < -0.4 is 33.2 Å². The Labute approximate surface area is 214 Å². The maximum absolute atomic E-state index is 12.9. The van der Waals surface area contributed by atoms with Crippen molar-refractivity contribution in [1.29, 1.82) is 0 Å². The first-order valence-electron chi connectivity index (χ1n) is 11.7. The minimum absolute atomic E-state index is 0.00277. The van der Waals surface area contributed by atoms with E-state index in [0.717, 1.165) is 0 Å². The lowest BCUT2D eigenvalue weighted by molar-refractivity contribution is -0.142. The Morgan fingerprint density at radius 2 is 1.46 bits per heavy atom. The molecule has 0 aliphatic heterocycles. The average molecular weight is 524 g/mol. The maximum Gasteiger partial charge on any atom is 0.326 e. The van der Waals surface area contributed by atoms with Gasteiger partial charge in [-0.05, 0) is 36.5 Å². The third-order valence-corrected chi connectivity index (χ3v) is 5.41. The van der Waals surface area contributed by atoms with Crippen molar-refractivity contribution in [3.8, 4) is 5.75 Å². The number of aliphatic hydroxyl groups is 1. The lowest BCUT2D eigenvalue weighted by Gasteiger charge is -2.25. The van der Waals surface area contributed by atoms with Crippen molar-refractivity contribution >= 4 is 29.7 Å². The Balaban J connectivity index is 2.92. The molecule has 1 aromatic rings. The van der Waals surface area contributed by atoms with Crippen molar-refractivity contribution < 1.29 is 34.5 Å². The number of nitrogens with one attached hydrogen (secondary N) is 3. The third kappa shape index (κ3) is 11.1. The number of aliphatic carboxylic acids is 1. The van der Waals surface area contributed by atoms with E-state index in [1.807, 2.05) is 0 Å². The van der Waals surface area contributed by atoms with E-state index in [1.165, 1.54) is 24.3 Å². The van der Waals surface area contributed by atoms with E-state index in [4.69, 9.17) is 17.2 Å². The topological polar surface area (TPSA) is 255 Å². The van der Waals surface area contributed by atoms with Crippen LogP contribution in [0.3, 0.4) is 0 Å². The number of carboxylic acid groups (broad SMARTS) is 1. The second kappa shape index (κ2) is 15.3. The zero-order valence-electron chi connectivity index (χ0n) is 20.9. The van der Waals surface area contributed by atoms with Crippen LogP contribution in [0.1, 0.15) is 32.3 Å². The highest BCUT2D eigenvalue weighted by Gasteiger charge is 2.30. The van der Waals surface area contributed by atoms with Gasteiger partial charge in [-0.2, -0.15) is 0 Å². The second-order valence-corrected chi connectivity index (χ2v) is 8.79. The largest absolute Gasteiger partial charge is 0.508 e. The van der Waals surface area contributed by atoms with Gasteiger partial charge in [0.15, 0.2) is 5.96 Å². The minimum atomic E-state index is -1.50. The molecule has 0 spiro atoms. The van der Waals surface area contributed by atoms with Gasteiger partial charge in [-0.3, -0.25) is 19.4 Å². The van der Waals surface area contributed by atoms with Crippen LogP contribution in [0.15, 0.2) is 29.3 Å². The van der Waals surface area contributed by atoms with Gasteiger partial charge in [0.1, 0.15) is 23.9 Å². The molecule has 14 heteroatoms. The van der Waals surface area contributed by atoms with Gasteiger partial charge in [-0.1, -0.05) is 26.0 Å². The van der Waals surface area contributed by atoms with Gasteiger partial charge in [0.2, 0.25) is 17.7 Å². The molecule has 14 nitrogen and oxygen atoms in total. The Morgan fingerprint density at radius 1 is 0.919 bits per heavy atom. The molecule has 4 atom stereocenters. The number of carbonyl (C=O) groups excluding carboxylic acids is 3. The number of rotatable bonds is 15. The van der Waals surface area contributed by atoms with Crippen molar-refractivity contribution in [1.82, 2.24) is 16.0 Å². The number of hydrogen-bond acceptors (Lipinski definition) is 8. The average Bonchev–Trinajstić information content (AvgIpc) is 2.83. The monoisotopic (exact) mass is 523 g/mol. The Bertz CT molecular complexity index is 949. The molecule has 4 unspecified atom stereocenters. The van der Waals surface area contributed by atoms with E-state index < -0.39 is 54.5 Å². The SMILES string of the molecule is CC(C)C(N)C(=O)NC(CCCN=C(N)N)C(=O)NC(CO)C(=O)NC(Cc1ccc(O)cc1)C(=O)O. The van der Waals surface area contributed by atoms with Crippen molar-refractivity contribution in [2.45, 2.75) is 57.3 Å². The number of phenols is 1. The maximum atomic E-state index is 12.9. The van der Waals surface area contributed by atoms with Crippen LogP contribution in [0.4, 0.5) is 0 Å². The van der Waals surface area contributed by atoms with E-state index in [0.29, 0.717) is 12.0 Å². The Hall–Kier alpha value is -3.91. The summed E-state index contributed by atoms with van der Waals surface area (Å²) in [5, 5.41) is 35.8. The molecular formula is C23H37N7O7. The number of carboxylic acids is 1. The number of nitrogens with zero attached hydrogens (tertiary/aromatic N) is 1. The Morgan fingerprint density at radius 3 is 1.97 bits per heavy atom. The zero-order chi connectivity index (χ0) is 28.1. The fourth-order valence-electron chi connectivity index (χ4n) is 3.15. The first-order chi connectivity index (χ1) is 17.3. The Kier molecular flexibility index (Phi) is 12.8. The lowest BCUT2D eigenvalue weighted by atomic mass is 10.0. The van der Waals surface area contributed by atoms with Crippen LogP contribution in [-0.4, -0.2) is 82.3 Å². The number of phenolic OH excluding ortho intramolecular Hbond substituents is 1. The molecule has 12 N–H and O–H groups in total. The summed E-state index contributed by atoms with van der Waals surface area (Å²) in [5.74, 6) is -3.98. The van der Waals surface area contributed by atoms with E-state index >= 15 is 0 Å². The molecule has 37 heavy (non-hydrogen) atoms. The molecule has 0 aliphatic carbocycles. The first kappa shape index (κ1) is 31.1. The number of nitrogens with two attached hydrogens (primary N) is 3. The number of aromatic hydroxyl groups is 1. The summed E-state index contributed by atoms with van der Waals surface area (Å²) < 4.78 is 0. The molecule has 1 rings (SSSR count). The zero-order valence-corrected chi connectivity index (χ0v) is 20.9. The van der Waals surface area contributed by atoms with Gasteiger partial charge in [-0.25, -0.2) is 4.79 Å². The van der Waals surface area contributed by atoms with Gasteiger partial charge < -0.3 is 48.5 Å². The summed E-state index contributed by atoms with van der Waals surface area (Å²) in [6.45, 7) is 2.82. The summed E-state index contributed by atoms with van der Waals surface area (Å²) >= 11 is 0. The second-order valence-electron chi connectivity index (χ2n) is 8.79. The summed E-state index contributed by atoms with van der Waals surface area (Å²) in [4.78, 5) is 53.6. The van der Waals surface area contributed by atoms with Crippen LogP contribution in [0.25, 0.3) is 0 Å². The summed E-state index contributed by atoms with van der Waals surface area (Å²) in [7, 11) is 0. The van der Waals surface area contributed by atoms with Crippen LogP contribution in [0, 0.1) is 5.92 Å². The molecule has 206 valence electrons. The van der Waals surface area contributed by atoms with Crippen LogP contribution in [0.5, 0.6) is 5.75 Å². The molecular weight excluding hydrogens is 486 g/mol. The highest BCUT2D eigenvalue weighted by atomic mass is 16.4. The summed E-state index contributed by atoms with van der Waals surface area (Å²) in [5.41, 5.74) is 17.0. The van der Waals surface area contributed by atoms with Crippen LogP contribution in [-0.2, 0) is 25.6 Å². The highest BCUT2D eigenvalue weighted by Crippen LogP contribution is 2.12. The molecule has 0 radical (unpaired) electrons. The standard InChI is InChI=1S/C23H37N7O7/c1-12(2)18(24)21(35)28-15(4-3-9-27-23(25)26)19(33)30-17(11-31)20(34)29-16(22(36)37)10-13-5-7-14(32)8-6-13/h5-8,12,15-18,31-32H,3-4,9-11,24H2,1-2H3,(H,28,35)(H,29,34)(H,30,33)(H,36,37)(H4,25,26,27). The van der Waals surface area contributed by atoms with Crippen LogP contribution in [0.2, 0.25) is 0 Å². The molecule has 0 saturated heterocycles. The van der Waals surface area contributed by atoms with E-state index in [9.17, 15) is 34.5 Å². The molecule has 1 aromatic carbocycles. The molecule has 0 saturated carbocycles. The molecule has 0 fully saturated rings. The minimum Gasteiger partial charge on any atom is -0.508 e. The number of hydrogen-bond donors (Lipinski definition) is 9. The predicted molar refractivity (Wildman–Crippen MR) is 135 cm³/mol. The number of carbonyl (C=O) groups is 4. The van der Waals surface area contributed by atoms with Gasteiger partial charge in [0.05, 0.1) is 12.6 Å². The number of benzene rings is 1. The molecule has 0 aliphatic rings. The fraction of sp³-hybridized carbons (Fsp3) is 0.522. The quantitative estimate of drug-likeness (QED) is 0.0663. The van der Waals surface area contributed by atoms with E-state index in [1.54, 1.807) is 13.8 Å². The van der Waals surface area contributed by atoms with Gasteiger partial charge in [0, 0.05) is 13.0 Å². The van der Waals surface area contributed by atoms with Gasteiger partial charge in [-0.15, -0.1) is 0 Å².